The van der Waals surface area contributed by atoms with Crippen LogP contribution in [0.2, 0.25) is 0 Å². The lowest BCUT2D eigenvalue weighted by atomic mass is 10.0. The smallest absolute Gasteiger partial charge is 0.462 e. The Morgan fingerprint density at radius 1 is 0.287 bits per heavy atom. The number of hydrogen-bond donors (Lipinski definition) is 3. The zero-order valence-corrected chi connectivity index (χ0v) is 63.2. The fraction of sp³-hybridized carbons (Fsp3) is 0.947. The number of carbonyl (C=O) groups is 4. The minimum atomic E-state index is -4.96. The van der Waals surface area contributed by atoms with Gasteiger partial charge in [-0.3, -0.25) is 37.3 Å². The van der Waals surface area contributed by atoms with Gasteiger partial charge in [-0.1, -0.05) is 331 Å². The first-order valence-electron chi connectivity index (χ1n) is 38.8. The SMILES string of the molecule is CCCCCCCCCCC(=O)OC[C@H](COP(=O)(O)OC[C@H](O)COP(=O)(O)OC[C@@H](COC(=O)CCCCCCCCCCCCCC(C)C)OC(=O)CCCCCCCCCCCCCCCCCC(C)C)OC(=O)CCCCCCCCCCCCCC(C)C. The van der Waals surface area contributed by atoms with Gasteiger partial charge in [0.15, 0.2) is 12.2 Å². The van der Waals surface area contributed by atoms with E-state index in [9.17, 15) is 43.2 Å². The molecule has 0 saturated heterocycles. The van der Waals surface area contributed by atoms with Crippen LogP contribution in [-0.4, -0.2) is 96.7 Å². The van der Waals surface area contributed by atoms with Gasteiger partial charge in [-0.15, -0.1) is 0 Å². The summed E-state index contributed by atoms with van der Waals surface area (Å²) in [6.07, 6.45) is 51.3. The second kappa shape index (κ2) is 65.7. The van der Waals surface area contributed by atoms with Crippen LogP contribution in [0.1, 0.15) is 382 Å². The van der Waals surface area contributed by atoms with E-state index in [1.54, 1.807) is 0 Å². The minimum Gasteiger partial charge on any atom is -0.462 e. The molecule has 0 spiro atoms. The van der Waals surface area contributed by atoms with Crippen molar-refractivity contribution < 1.29 is 80.2 Å². The average molecular weight is 1380 g/mol. The van der Waals surface area contributed by atoms with Crippen molar-refractivity contribution in [1.29, 1.82) is 0 Å². The lowest BCUT2D eigenvalue weighted by Crippen LogP contribution is -2.30. The molecule has 0 fully saturated rings. The molecule has 0 radical (unpaired) electrons. The van der Waals surface area contributed by atoms with Crippen LogP contribution in [-0.2, 0) is 65.4 Å². The molecule has 0 aliphatic rings. The Morgan fingerprint density at radius 3 is 0.723 bits per heavy atom. The Hall–Kier alpha value is -1.94. The van der Waals surface area contributed by atoms with E-state index in [1.165, 1.54) is 186 Å². The van der Waals surface area contributed by atoms with Gasteiger partial charge in [0.25, 0.3) is 0 Å². The van der Waals surface area contributed by atoms with Gasteiger partial charge in [-0.25, -0.2) is 9.13 Å². The van der Waals surface area contributed by atoms with E-state index >= 15 is 0 Å². The molecule has 0 saturated carbocycles. The number of esters is 4. The quantitative estimate of drug-likeness (QED) is 0.0222. The zero-order valence-electron chi connectivity index (χ0n) is 61.4. The van der Waals surface area contributed by atoms with E-state index in [0.29, 0.717) is 25.7 Å². The summed E-state index contributed by atoms with van der Waals surface area (Å²) in [5.41, 5.74) is 0. The van der Waals surface area contributed by atoms with Crippen LogP contribution in [0, 0.1) is 17.8 Å². The van der Waals surface area contributed by atoms with Crippen LogP contribution < -0.4 is 0 Å². The highest BCUT2D eigenvalue weighted by molar-refractivity contribution is 7.47. The summed E-state index contributed by atoms with van der Waals surface area (Å²) in [6, 6.07) is 0. The number of carbonyl (C=O) groups excluding carboxylic acids is 4. The van der Waals surface area contributed by atoms with Crippen LogP contribution in [0.5, 0.6) is 0 Å². The highest BCUT2D eigenvalue weighted by Crippen LogP contribution is 2.45. The minimum absolute atomic E-state index is 0.106. The monoisotopic (exact) mass is 1380 g/mol. The number of rotatable bonds is 73. The lowest BCUT2D eigenvalue weighted by Gasteiger charge is -2.21. The summed E-state index contributed by atoms with van der Waals surface area (Å²) >= 11 is 0. The number of phosphoric ester groups is 2. The summed E-state index contributed by atoms with van der Waals surface area (Å²) in [5.74, 6) is 0.218. The first-order valence-corrected chi connectivity index (χ1v) is 41.8. The normalized spacial score (nSPS) is 14.1. The Bertz CT molecular complexity index is 1840. The fourth-order valence-corrected chi connectivity index (χ4v) is 13.0. The molecule has 3 N–H and O–H groups in total. The van der Waals surface area contributed by atoms with Crippen LogP contribution in [0.3, 0.4) is 0 Å². The third-order valence-corrected chi connectivity index (χ3v) is 19.3. The maximum absolute atomic E-state index is 13.1. The molecule has 2 unspecified atom stereocenters. The molecular weight excluding hydrogens is 1230 g/mol. The Kier molecular flexibility index (Phi) is 64.3. The second-order valence-corrected chi connectivity index (χ2v) is 31.4. The summed E-state index contributed by atoms with van der Waals surface area (Å²) in [6.45, 7) is 11.9. The van der Waals surface area contributed by atoms with Crippen molar-refractivity contribution in [1.82, 2.24) is 0 Å². The molecule has 0 amide bonds. The first kappa shape index (κ1) is 92.1. The molecule has 0 aliphatic carbocycles. The lowest BCUT2D eigenvalue weighted by molar-refractivity contribution is -0.161. The molecule has 0 heterocycles. The summed E-state index contributed by atoms with van der Waals surface area (Å²) in [7, 11) is -9.91. The van der Waals surface area contributed by atoms with Crippen LogP contribution in [0.25, 0.3) is 0 Å². The van der Waals surface area contributed by atoms with Crippen molar-refractivity contribution in [2.45, 2.75) is 401 Å². The predicted octanol–water partition coefficient (Wildman–Crippen LogP) is 21.8. The molecule has 0 rings (SSSR count). The average Bonchev–Trinajstić information content (AvgIpc) is 2.48. The fourth-order valence-electron chi connectivity index (χ4n) is 11.4. The van der Waals surface area contributed by atoms with E-state index in [1.807, 2.05) is 0 Å². The molecule has 5 atom stereocenters. The highest BCUT2D eigenvalue weighted by Gasteiger charge is 2.30. The van der Waals surface area contributed by atoms with Gasteiger partial charge in [0.05, 0.1) is 26.4 Å². The zero-order chi connectivity index (χ0) is 69.4. The predicted molar refractivity (Wildman–Crippen MR) is 381 cm³/mol. The third kappa shape index (κ3) is 68.6. The van der Waals surface area contributed by atoms with Gasteiger partial charge in [-0.2, -0.15) is 0 Å². The van der Waals surface area contributed by atoms with E-state index in [4.69, 9.17) is 37.0 Å². The molecule has 0 aromatic carbocycles. The molecule has 17 nitrogen and oxygen atoms in total. The number of aliphatic hydroxyl groups excluding tert-OH is 1. The summed E-state index contributed by atoms with van der Waals surface area (Å²) < 4.78 is 68.4. The van der Waals surface area contributed by atoms with Gasteiger partial charge in [0.2, 0.25) is 0 Å². The number of unbranched alkanes of at least 4 members (excludes halogenated alkanes) is 41. The Morgan fingerprint density at radius 2 is 0.489 bits per heavy atom. The molecule has 0 bridgehead atoms. The standard InChI is InChI=1S/C75H146O17P2/c1-8-9-10-11-12-35-42-49-56-72(77)85-62-70(91-75(80)59-52-45-38-31-25-19-22-28-34-41-48-55-68(6)7)64-89-93(81,82)87-60-69(76)61-88-94(83,84)90-65-71(63-86-73(78)57-50-43-36-29-24-18-21-27-33-40-47-54-67(4)5)92-74(79)58-51-44-37-30-23-17-15-13-14-16-20-26-32-39-46-53-66(2)3/h66-71,76H,8-65H2,1-7H3,(H,81,82)(H,83,84)/t69-,70+,71+/m0/s1. The molecular formula is C75H146O17P2. The van der Waals surface area contributed by atoms with Crippen molar-refractivity contribution in [2.75, 3.05) is 39.6 Å². The summed E-state index contributed by atoms with van der Waals surface area (Å²) in [5, 5.41) is 10.6. The van der Waals surface area contributed by atoms with Gasteiger partial charge < -0.3 is 33.8 Å². The summed E-state index contributed by atoms with van der Waals surface area (Å²) in [4.78, 5) is 72.7. The number of phosphoric acid groups is 2. The topological polar surface area (TPSA) is 237 Å². The second-order valence-electron chi connectivity index (χ2n) is 28.5. The highest BCUT2D eigenvalue weighted by atomic mass is 31.2. The van der Waals surface area contributed by atoms with E-state index < -0.39 is 97.5 Å². The largest absolute Gasteiger partial charge is 0.472 e. The van der Waals surface area contributed by atoms with Crippen molar-refractivity contribution >= 4 is 39.5 Å². The molecule has 0 aromatic rings. The third-order valence-electron chi connectivity index (χ3n) is 17.4. The molecule has 0 aliphatic heterocycles. The molecule has 558 valence electrons. The molecule has 0 aromatic heterocycles. The van der Waals surface area contributed by atoms with Crippen molar-refractivity contribution in [3.8, 4) is 0 Å². The Balaban J connectivity index is 5.22. The maximum atomic E-state index is 13.1. The van der Waals surface area contributed by atoms with Crippen molar-refractivity contribution in [3.63, 3.8) is 0 Å². The first-order chi connectivity index (χ1) is 45.2. The van der Waals surface area contributed by atoms with Gasteiger partial charge in [-0.05, 0) is 43.4 Å². The van der Waals surface area contributed by atoms with Gasteiger partial charge in [0, 0.05) is 25.7 Å². The van der Waals surface area contributed by atoms with Crippen LogP contribution >= 0.6 is 15.6 Å². The Labute approximate surface area is 575 Å². The molecule has 94 heavy (non-hydrogen) atoms. The number of ether oxygens (including phenoxy) is 4. The van der Waals surface area contributed by atoms with Crippen LogP contribution in [0.15, 0.2) is 0 Å². The van der Waals surface area contributed by atoms with Crippen molar-refractivity contribution in [2.24, 2.45) is 17.8 Å². The van der Waals surface area contributed by atoms with E-state index in [0.717, 1.165) is 114 Å². The van der Waals surface area contributed by atoms with Gasteiger partial charge >= 0.3 is 39.5 Å². The van der Waals surface area contributed by atoms with Gasteiger partial charge in [0.1, 0.15) is 19.3 Å². The molecule has 19 heteroatoms. The van der Waals surface area contributed by atoms with E-state index in [-0.39, 0.29) is 25.7 Å². The number of hydrogen-bond acceptors (Lipinski definition) is 15. The van der Waals surface area contributed by atoms with E-state index in [2.05, 4.69) is 48.5 Å². The van der Waals surface area contributed by atoms with Crippen molar-refractivity contribution in [3.05, 3.63) is 0 Å². The maximum Gasteiger partial charge on any atom is 0.472 e. The van der Waals surface area contributed by atoms with Crippen LogP contribution in [0.4, 0.5) is 0 Å². The number of aliphatic hydroxyl groups is 1.